The zero-order valence-electron chi connectivity index (χ0n) is 17.0. The van der Waals surface area contributed by atoms with Gasteiger partial charge in [0.05, 0.1) is 19.4 Å². The zero-order chi connectivity index (χ0) is 20.8. The van der Waals surface area contributed by atoms with Crippen LogP contribution >= 0.6 is 11.8 Å². The summed E-state index contributed by atoms with van der Waals surface area (Å²) in [4.78, 5) is 6.22. The normalized spacial score (nSPS) is 15.7. The van der Waals surface area contributed by atoms with E-state index in [2.05, 4.69) is 42.5 Å². The average Bonchev–Trinajstić information content (AvgIpc) is 3.00. The van der Waals surface area contributed by atoms with Crippen molar-refractivity contribution in [3.63, 3.8) is 0 Å². The second-order valence-electron chi connectivity index (χ2n) is 7.04. The van der Waals surface area contributed by atoms with E-state index in [0.29, 0.717) is 24.5 Å². The highest BCUT2D eigenvalue weighted by Gasteiger charge is 2.23. The summed E-state index contributed by atoms with van der Waals surface area (Å²) in [5.41, 5.74) is 4.35. The minimum absolute atomic E-state index is 0.106. The Hall–Kier alpha value is -2.76. The Kier molecular flexibility index (Phi) is 6.72. The summed E-state index contributed by atoms with van der Waals surface area (Å²) in [5.74, 6) is 1.35. The molecule has 0 saturated carbocycles. The molecule has 4 rings (SSSR count). The van der Waals surface area contributed by atoms with Gasteiger partial charge in [-0.3, -0.25) is 4.99 Å². The summed E-state index contributed by atoms with van der Waals surface area (Å²) in [5, 5.41) is 9.26. The maximum absolute atomic E-state index is 8.98. The molecule has 1 unspecified atom stereocenters. The molecule has 0 bridgehead atoms. The average molecular weight is 420 g/mol. The zero-order valence-corrected chi connectivity index (χ0v) is 17.8. The van der Waals surface area contributed by atoms with Crippen molar-refractivity contribution in [3.8, 4) is 11.5 Å². The highest BCUT2D eigenvalue weighted by Crippen LogP contribution is 2.45. The molecule has 0 amide bonds. The largest absolute Gasteiger partial charge is 0.493 e. The predicted octanol–water partition coefficient (Wildman–Crippen LogP) is 5.81. The summed E-state index contributed by atoms with van der Waals surface area (Å²) in [7, 11) is 1.64. The van der Waals surface area contributed by atoms with Crippen molar-refractivity contribution in [2.75, 3.05) is 20.3 Å². The first-order valence-corrected chi connectivity index (χ1v) is 11.0. The number of aliphatic imine (C=N–C) groups is 1. The summed E-state index contributed by atoms with van der Waals surface area (Å²) in [6.07, 6.45) is 1.40. The number of ether oxygens (including phenoxy) is 2. The van der Waals surface area contributed by atoms with Crippen molar-refractivity contribution in [1.82, 2.24) is 0 Å². The lowest BCUT2D eigenvalue weighted by Gasteiger charge is -2.17. The first kappa shape index (κ1) is 20.5. The van der Waals surface area contributed by atoms with Crippen LogP contribution in [-0.2, 0) is 0 Å². The molecule has 4 nitrogen and oxygen atoms in total. The number of fused-ring (bicyclic) bond motifs is 1. The monoisotopic (exact) mass is 419 g/mol. The van der Waals surface area contributed by atoms with E-state index in [1.165, 1.54) is 10.5 Å². The SMILES string of the molecule is COc1cc(C2=Nc3ccccc3SC(c3ccccc3)C2)ccc1OCCCO. The minimum atomic E-state index is 0.106. The number of aliphatic hydroxyl groups excluding tert-OH is 1. The highest BCUT2D eigenvalue weighted by atomic mass is 32.2. The van der Waals surface area contributed by atoms with Crippen LogP contribution < -0.4 is 9.47 Å². The third kappa shape index (κ3) is 4.69. The number of benzene rings is 3. The van der Waals surface area contributed by atoms with Crippen LogP contribution in [0.5, 0.6) is 11.5 Å². The number of methoxy groups -OCH3 is 1. The van der Waals surface area contributed by atoms with Gasteiger partial charge in [0.2, 0.25) is 0 Å². The fourth-order valence-electron chi connectivity index (χ4n) is 3.46. The van der Waals surface area contributed by atoms with Crippen molar-refractivity contribution < 1.29 is 14.6 Å². The van der Waals surface area contributed by atoms with Gasteiger partial charge < -0.3 is 14.6 Å². The Morgan fingerprint density at radius 3 is 2.60 bits per heavy atom. The van der Waals surface area contributed by atoms with Crippen molar-refractivity contribution in [2.45, 2.75) is 23.0 Å². The maximum atomic E-state index is 8.98. The topological polar surface area (TPSA) is 51.0 Å². The van der Waals surface area contributed by atoms with E-state index in [4.69, 9.17) is 19.6 Å². The number of nitrogens with zero attached hydrogens (tertiary/aromatic N) is 1. The van der Waals surface area contributed by atoms with Crippen LogP contribution in [0.25, 0.3) is 0 Å². The van der Waals surface area contributed by atoms with Crippen LogP contribution in [0.1, 0.15) is 29.2 Å². The van der Waals surface area contributed by atoms with E-state index in [1.54, 1.807) is 7.11 Å². The van der Waals surface area contributed by atoms with Crippen LogP contribution in [0.15, 0.2) is 82.7 Å². The summed E-state index contributed by atoms with van der Waals surface area (Å²) in [6, 6.07) is 24.9. The molecule has 1 aliphatic heterocycles. The maximum Gasteiger partial charge on any atom is 0.161 e. The molecule has 0 aromatic heterocycles. The van der Waals surface area contributed by atoms with Crippen molar-refractivity contribution >= 4 is 23.2 Å². The second-order valence-corrected chi connectivity index (χ2v) is 8.28. The van der Waals surface area contributed by atoms with E-state index in [9.17, 15) is 0 Å². The van der Waals surface area contributed by atoms with E-state index in [-0.39, 0.29) is 11.9 Å². The van der Waals surface area contributed by atoms with Gasteiger partial charge in [-0.1, -0.05) is 42.5 Å². The molecule has 0 spiro atoms. The molecule has 0 radical (unpaired) electrons. The third-order valence-corrected chi connectivity index (χ3v) is 6.32. The number of thioether (sulfide) groups is 1. The predicted molar refractivity (Wildman–Crippen MR) is 122 cm³/mol. The summed E-state index contributed by atoms with van der Waals surface area (Å²) in [6.45, 7) is 0.558. The van der Waals surface area contributed by atoms with Crippen LogP contribution in [0.2, 0.25) is 0 Å². The van der Waals surface area contributed by atoms with Gasteiger partial charge in [0.15, 0.2) is 11.5 Å². The molecule has 30 heavy (non-hydrogen) atoms. The van der Waals surface area contributed by atoms with E-state index < -0.39 is 0 Å². The molecule has 1 heterocycles. The minimum Gasteiger partial charge on any atom is -0.493 e. The van der Waals surface area contributed by atoms with E-state index in [0.717, 1.165) is 23.4 Å². The van der Waals surface area contributed by atoms with Gasteiger partial charge >= 0.3 is 0 Å². The fourth-order valence-corrected chi connectivity index (χ4v) is 4.69. The molecule has 1 atom stereocenters. The van der Waals surface area contributed by atoms with Crippen molar-refractivity contribution in [3.05, 3.63) is 83.9 Å². The Morgan fingerprint density at radius 1 is 1.00 bits per heavy atom. The van der Waals surface area contributed by atoms with E-state index in [1.807, 2.05) is 42.1 Å². The molecule has 0 fully saturated rings. The summed E-state index contributed by atoms with van der Waals surface area (Å²) < 4.78 is 11.3. The standard InChI is InChI=1S/C25H25NO3S/c1-28-23-16-19(12-13-22(23)29-15-7-14-27)21-17-25(18-8-3-2-4-9-18)30-24-11-6-5-10-20(24)26-21/h2-6,8-13,16,25,27H,7,14-15,17H2,1H3. The van der Waals surface area contributed by atoms with Gasteiger partial charge in [-0.05, 0) is 41.5 Å². The lowest BCUT2D eigenvalue weighted by molar-refractivity contribution is 0.228. The second kappa shape index (κ2) is 9.83. The van der Waals surface area contributed by atoms with Crippen molar-refractivity contribution in [1.29, 1.82) is 0 Å². The Labute approximate surface area is 181 Å². The van der Waals surface area contributed by atoms with E-state index >= 15 is 0 Å². The van der Waals surface area contributed by atoms with Crippen LogP contribution in [0, 0.1) is 0 Å². The quantitative estimate of drug-likeness (QED) is 0.491. The van der Waals surface area contributed by atoms with Gasteiger partial charge in [0.25, 0.3) is 0 Å². The Morgan fingerprint density at radius 2 is 1.80 bits per heavy atom. The van der Waals surface area contributed by atoms with Crippen LogP contribution in [-0.4, -0.2) is 31.1 Å². The molecule has 0 saturated heterocycles. The summed E-state index contributed by atoms with van der Waals surface area (Å²) >= 11 is 1.86. The molecular weight excluding hydrogens is 394 g/mol. The van der Waals surface area contributed by atoms with Gasteiger partial charge in [-0.2, -0.15) is 0 Å². The first-order chi connectivity index (χ1) is 14.8. The third-order valence-electron chi connectivity index (χ3n) is 5.00. The Balaban J connectivity index is 1.70. The molecular formula is C25H25NO3S. The number of hydrogen-bond donors (Lipinski definition) is 1. The van der Waals surface area contributed by atoms with Gasteiger partial charge in [-0.25, -0.2) is 0 Å². The molecule has 3 aromatic carbocycles. The smallest absolute Gasteiger partial charge is 0.161 e. The first-order valence-electron chi connectivity index (χ1n) is 10.1. The molecule has 1 N–H and O–H groups in total. The van der Waals surface area contributed by atoms with Crippen LogP contribution in [0.4, 0.5) is 5.69 Å². The van der Waals surface area contributed by atoms with Gasteiger partial charge in [0.1, 0.15) is 0 Å². The molecule has 3 aromatic rings. The molecule has 0 aliphatic carbocycles. The fraction of sp³-hybridized carbons (Fsp3) is 0.240. The van der Waals surface area contributed by atoms with Gasteiger partial charge in [-0.15, -0.1) is 11.8 Å². The van der Waals surface area contributed by atoms with Gasteiger partial charge in [0, 0.05) is 35.3 Å². The van der Waals surface area contributed by atoms with Crippen molar-refractivity contribution in [2.24, 2.45) is 4.99 Å². The molecule has 1 aliphatic rings. The number of para-hydroxylation sites is 1. The highest BCUT2D eigenvalue weighted by molar-refractivity contribution is 7.99. The number of aliphatic hydroxyl groups is 1. The lowest BCUT2D eigenvalue weighted by atomic mass is 10.0. The number of rotatable bonds is 7. The molecule has 154 valence electrons. The Bertz CT molecular complexity index is 1020. The lowest BCUT2D eigenvalue weighted by Crippen LogP contribution is -2.07. The van der Waals surface area contributed by atoms with Crippen LogP contribution in [0.3, 0.4) is 0 Å². The number of hydrogen-bond acceptors (Lipinski definition) is 5. The molecule has 5 heteroatoms.